The second-order valence-electron chi connectivity index (χ2n) is 7.00. The summed E-state index contributed by atoms with van der Waals surface area (Å²) in [7, 11) is 0. The molecule has 6 nitrogen and oxygen atoms in total. The average Bonchev–Trinajstić information content (AvgIpc) is 3.31. The smallest absolute Gasteiger partial charge is 0.266 e. The summed E-state index contributed by atoms with van der Waals surface area (Å²) < 4.78 is 11.0. The number of nitrogens with zero attached hydrogens (tertiary/aromatic N) is 1. The van der Waals surface area contributed by atoms with Gasteiger partial charge in [0.05, 0.1) is 4.91 Å². The molecule has 1 N–H and O–H groups in total. The fourth-order valence-corrected chi connectivity index (χ4v) is 4.52. The van der Waals surface area contributed by atoms with E-state index in [4.69, 9.17) is 21.7 Å². The molecule has 0 aliphatic carbocycles. The van der Waals surface area contributed by atoms with Crippen LogP contribution in [0.3, 0.4) is 0 Å². The van der Waals surface area contributed by atoms with Crippen LogP contribution in [0.2, 0.25) is 0 Å². The van der Waals surface area contributed by atoms with Crippen molar-refractivity contribution < 1.29 is 19.1 Å². The Hall–Kier alpha value is -3.10. The molecule has 8 heteroatoms. The number of allylic oxidation sites excluding steroid dienone is 2. The Morgan fingerprint density at radius 2 is 1.97 bits per heavy atom. The molecule has 1 fully saturated rings. The van der Waals surface area contributed by atoms with Gasteiger partial charge in [-0.15, -0.1) is 0 Å². The summed E-state index contributed by atoms with van der Waals surface area (Å²) in [4.78, 5) is 27.1. The predicted octanol–water partition coefficient (Wildman–Crippen LogP) is 4.59. The largest absolute Gasteiger partial charge is 0.454 e. The standard InChI is InChI=1S/C23H20N2O4S2/c1-15(11-16-5-3-2-4-6-16)12-20-22(27)25(23(30)31-20)10-9-21(26)24-17-7-8-18-19(13-17)29-14-28-18/h2-8,11-13H,9-10,14H2,1H3,(H,24,26)/b15-11+,20-12-. The summed E-state index contributed by atoms with van der Waals surface area (Å²) >= 11 is 6.61. The molecule has 0 aromatic heterocycles. The first-order chi connectivity index (χ1) is 15.0. The van der Waals surface area contributed by atoms with Crippen LogP contribution in [-0.4, -0.2) is 34.4 Å². The zero-order valence-electron chi connectivity index (χ0n) is 16.8. The normalized spacial score (nSPS) is 16.9. The number of carbonyl (C=O) groups is 2. The van der Waals surface area contributed by atoms with Gasteiger partial charge in [0.25, 0.3) is 5.91 Å². The van der Waals surface area contributed by atoms with Crippen LogP contribution in [0.25, 0.3) is 6.08 Å². The van der Waals surface area contributed by atoms with E-state index in [9.17, 15) is 9.59 Å². The number of hydrogen-bond donors (Lipinski definition) is 1. The van der Waals surface area contributed by atoms with Gasteiger partial charge in [-0.1, -0.05) is 60.4 Å². The lowest BCUT2D eigenvalue weighted by Crippen LogP contribution is -2.31. The van der Waals surface area contributed by atoms with E-state index in [2.05, 4.69) is 5.32 Å². The number of nitrogens with one attached hydrogen (secondary N) is 1. The maximum absolute atomic E-state index is 12.8. The number of ether oxygens (including phenoxy) is 2. The number of fused-ring (bicyclic) bond motifs is 1. The Morgan fingerprint density at radius 3 is 2.77 bits per heavy atom. The topological polar surface area (TPSA) is 67.9 Å². The summed E-state index contributed by atoms with van der Waals surface area (Å²) in [5, 5.41) is 2.81. The van der Waals surface area contributed by atoms with Crippen molar-refractivity contribution >= 4 is 51.9 Å². The van der Waals surface area contributed by atoms with Gasteiger partial charge in [-0.25, -0.2) is 0 Å². The number of benzene rings is 2. The molecule has 2 heterocycles. The number of rotatable bonds is 6. The highest BCUT2D eigenvalue weighted by Crippen LogP contribution is 2.34. The van der Waals surface area contributed by atoms with E-state index >= 15 is 0 Å². The minimum atomic E-state index is -0.211. The van der Waals surface area contributed by atoms with Crippen LogP contribution in [0, 0.1) is 0 Å². The van der Waals surface area contributed by atoms with E-state index in [1.165, 1.54) is 16.7 Å². The molecule has 0 spiro atoms. The quantitative estimate of drug-likeness (QED) is 0.511. The average molecular weight is 453 g/mol. The van der Waals surface area contributed by atoms with E-state index in [1.807, 2.05) is 49.4 Å². The zero-order valence-corrected chi connectivity index (χ0v) is 18.4. The number of anilines is 1. The first kappa shape index (κ1) is 21.1. The Kier molecular flexibility index (Phi) is 6.39. The highest BCUT2D eigenvalue weighted by atomic mass is 32.2. The lowest BCUT2D eigenvalue weighted by Gasteiger charge is -2.14. The summed E-state index contributed by atoms with van der Waals surface area (Å²) in [5.41, 5.74) is 2.63. The fourth-order valence-electron chi connectivity index (χ4n) is 3.16. The van der Waals surface area contributed by atoms with E-state index in [1.54, 1.807) is 18.2 Å². The van der Waals surface area contributed by atoms with Crippen molar-refractivity contribution in [2.24, 2.45) is 0 Å². The van der Waals surface area contributed by atoms with Crippen molar-refractivity contribution in [1.29, 1.82) is 0 Å². The molecule has 4 rings (SSSR count). The van der Waals surface area contributed by atoms with E-state index in [0.717, 1.165) is 11.1 Å². The van der Waals surface area contributed by atoms with Gasteiger partial charge in [0.1, 0.15) is 4.32 Å². The van der Waals surface area contributed by atoms with Crippen LogP contribution >= 0.6 is 24.0 Å². The predicted molar refractivity (Wildman–Crippen MR) is 126 cm³/mol. The van der Waals surface area contributed by atoms with E-state index in [-0.39, 0.29) is 31.6 Å². The van der Waals surface area contributed by atoms with E-state index in [0.29, 0.717) is 26.4 Å². The number of carbonyl (C=O) groups excluding carboxylic acids is 2. The minimum absolute atomic E-state index is 0.132. The summed E-state index contributed by atoms with van der Waals surface area (Å²) in [5.74, 6) is 0.863. The van der Waals surface area contributed by atoms with Crippen molar-refractivity contribution in [2.75, 3.05) is 18.7 Å². The van der Waals surface area contributed by atoms with Crippen molar-refractivity contribution in [1.82, 2.24) is 4.90 Å². The van der Waals surface area contributed by atoms with Gasteiger partial charge >= 0.3 is 0 Å². The van der Waals surface area contributed by atoms with Gasteiger partial charge in [-0.2, -0.15) is 0 Å². The molecule has 2 aromatic rings. The summed E-state index contributed by atoms with van der Waals surface area (Å²) in [6.45, 7) is 2.34. The lowest BCUT2D eigenvalue weighted by atomic mass is 10.1. The number of hydrogen-bond acceptors (Lipinski definition) is 6. The lowest BCUT2D eigenvalue weighted by molar-refractivity contribution is -0.122. The molecule has 0 radical (unpaired) electrons. The maximum atomic E-state index is 12.8. The first-order valence-electron chi connectivity index (χ1n) is 9.68. The van der Waals surface area contributed by atoms with Crippen LogP contribution in [0.5, 0.6) is 11.5 Å². The highest BCUT2D eigenvalue weighted by molar-refractivity contribution is 8.26. The third-order valence-electron chi connectivity index (χ3n) is 4.65. The maximum Gasteiger partial charge on any atom is 0.266 e. The number of thiocarbonyl (C=S) groups is 1. The van der Waals surface area contributed by atoms with Crippen molar-refractivity contribution in [2.45, 2.75) is 13.3 Å². The number of amides is 2. The molecule has 1 saturated heterocycles. The summed E-state index contributed by atoms with van der Waals surface area (Å²) in [6.07, 6.45) is 3.97. The van der Waals surface area contributed by atoms with Crippen LogP contribution in [-0.2, 0) is 9.59 Å². The van der Waals surface area contributed by atoms with Crippen molar-refractivity contribution in [3.8, 4) is 11.5 Å². The molecule has 2 aromatic carbocycles. The molecule has 0 saturated carbocycles. The minimum Gasteiger partial charge on any atom is -0.454 e. The molecule has 2 amide bonds. The molecule has 2 aliphatic heterocycles. The molecule has 31 heavy (non-hydrogen) atoms. The third kappa shape index (κ3) is 5.15. The Balaban J connectivity index is 1.34. The van der Waals surface area contributed by atoms with Gasteiger partial charge < -0.3 is 14.8 Å². The SMILES string of the molecule is CC(/C=C1\SC(=S)N(CCC(=O)Nc2ccc3c(c2)OCO3)C1=O)=C\c1ccccc1. The molecule has 0 unspecified atom stereocenters. The zero-order chi connectivity index (χ0) is 21.8. The molecule has 0 bridgehead atoms. The molecule has 158 valence electrons. The molecule has 0 atom stereocenters. The van der Waals surface area contributed by atoms with Gasteiger partial charge in [-0.3, -0.25) is 14.5 Å². The molecular formula is C23H20N2O4S2. The second-order valence-corrected chi connectivity index (χ2v) is 8.67. The van der Waals surface area contributed by atoms with Crippen LogP contribution in [0.4, 0.5) is 5.69 Å². The van der Waals surface area contributed by atoms with Crippen molar-refractivity contribution in [3.05, 3.63) is 70.6 Å². The Labute approximate surface area is 189 Å². The van der Waals surface area contributed by atoms with Gasteiger partial charge in [-0.05, 0) is 36.3 Å². The van der Waals surface area contributed by atoms with E-state index < -0.39 is 0 Å². The third-order valence-corrected chi connectivity index (χ3v) is 6.02. The van der Waals surface area contributed by atoms with Crippen LogP contribution in [0.1, 0.15) is 18.9 Å². The molecular weight excluding hydrogens is 432 g/mol. The monoisotopic (exact) mass is 452 g/mol. The Morgan fingerprint density at radius 1 is 1.19 bits per heavy atom. The summed E-state index contributed by atoms with van der Waals surface area (Å²) in [6, 6.07) is 15.1. The first-order valence-corrected chi connectivity index (χ1v) is 10.9. The van der Waals surface area contributed by atoms with Crippen LogP contribution in [0.15, 0.2) is 65.1 Å². The molecule has 2 aliphatic rings. The van der Waals surface area contributed by atoms with Crippen LogP contribution < -0.4 is 14.8 Å². The number of thioether (sulfide) groups is 1. The van der Waals surface area contributed by atoms with Gasteiger partial charge in [0, 0.05) is 24.7 Å². The van der Waals surface area contributed by atoms with Gasteiger partial charge in [0.2, 0.25) is 12.7 Å². The second kappa shape index (κ2) is 9.36. The van der Waals surface area contributed by atoms with Crippen molar-refractivity contribution in [3.63, 3.8) is 0 Å². The van der Waals surface area contributed by atoms with Gasteiger partial charge in [0.15, 0.2) is 11.5 Å². The fraction of sp³-hybridized carbons (Fsp3) is 0.174. The Bertz CT molecular complexity index is 1100. The highest BCUT2D eigenvalue weighted by Gasteiger charge is 2.32.